The molecule has 3 heteroatoms. The molecular formula is C21H32O3. The third kappa shape index (κ3) is 2.46. The maximum atomic E-state index is 12.6. The van der Waals surface area contributed by atoms with E-state index in [-0.39, 0.29) is 16.8 Å². The summed E-state index contributed by atoms with van der Waals surface area (Å²) in [6.07, 6.45) is 9.34. The lowest BCUT2D eigenvalue weighted by molar-refractivity contribution is -0.176. The van der Waals surface area contributed by atoms with Gasteiger partial charge in [0, 0.05) is 6.42 Å². The minimum atomic E-state index is -0.346. The molecule has 0 aromatic rings. The summed E-state index contributed by atoms with van der Waals surface area (Å²) in [6, 6.07) is 0. The number of allylic oxidation sites excluding steroid dienone is 1. The van der Waals surface area contributed by atoms with Crippen LogP contribution in [0.5, 0.6) is 0 Å². The summed E-state index contributed by atoms with van der Waals surface area (Å²) in [7, 11) is 1.52. The van der Waals surface area contributed by atoms with Crippen molar-refractivity contribution >= 4 is 12.3 Å². The van der Waals surface area contributed by atoms with Crippen LogP contribution >= 0.6 is 0 Å². The van der Waals surface area contributed by atoms with Crippen LogP contribution in [0.3, 0.4) is 0 Å². The van der Waals surface area contributed by atoms with Gasteiger partial charge in [-0.3, -0.25) is 4.79 Å². The third-order valence-electron chi connectivity index (χ3n) is 7.95. The molecule has 3 nitrogen and oxygen atoms in total. The first-order chi connectivity index (χ1) is 11.4. The molecule has 0 amide bonds. The highest BCUT2D eigenvalue weighted by molar-refractivity contribution is 5.77. The van der Waals surface area contributed by atoms with Crippen LogP contribution in [0.25, 0.3) is 0 Å². The molecule has 3 fully saturated rings. The van der Waals surface area contributed by atoms with E-state index < -0.39 is 0 Å². The summed E-state index contributed by atoms with van der Waals surface area (Å²) in [5.74, 6) is 1.90. The van der Waals surface area contributed by atoms with Crippen LogP contribution in [-0.2, 0) is 14.3 Å². The SMILES string of the molecule is C=C1CCC2[C@@H](CCC3[C@]2(C)CCC[C@]3(C)C(=O)OC)C1CC=O. The summed E-state index contributed by atoms with van der Waals surface area (Å²) in [5.41, 5.74) is 1.12. The molecule has 0 bridgehead atoms. The van der Waals surface area contributed by atoms with Gasteiger partial charge in [-0.15, -0.1) is 0 Å². The van der Waals surface area contributed by atoms with Gasteiger partial charge in [0.1, 0.15) is 6.29 Å². The first-order valence-corrected chi connectivity index (χ1v) is 9.58. The second kappa shape index (κ2) is 6.31. The van der Waals surface area contributed by atoms with Crippen LogP contribution in [0.2, 0.25) is 0 Å². The van der Waals surface area contributed by atoms with Gasteiger partial charge < -0.3 is 9.53 Å². The monoisotopic (exact) mass is 332 g/mol. The molecule has 3 rings (SSSR count). The van der Waals surface area contributed by atoms with E-state index in [0.29, 0.717) is 30.1 Å². The van der Waals surface area contributed by atoms with E-state index >= 15 is 0 Å². The molecule has 0 spiro atoms. The number of ether oxygens (including phenoxy) is 1. The Morgan fingerprint density at radius 1 is 1.29 bits per heavy atom. The Kier molecular flexibility index (Phi) is 4.65. The summed E-state index contributed by atoms with van der Waals surface area (Å²) in [6.45, 7) is 8.82. The molecule has 0 heterocycles. The molecule has 134 valence electrons. The first kappa shape index (κ1) is 17.7. The van der Waals surface area contributed by atoms with Gasteiger partial charge in [0.2, 0.25) is 0 Å². The second-order valence-corrected chi connectivity index (χ2v) is 8.87. The number of aldehydes is 1. The van der Waals surface area contributed by atoms with Crippen LogP contribution in [0.1, 0.15) is 65.2 Å². The van der Waals surface area contributed by atoms with Crippen molar-refractivity contribution in [1.29, 1.82) is 0 Å². The minimum absolute atomic E-state index is 0.0264. The van der Waals surface area contributed by atoms with E-state index in [4.69, 9.17) is 4.74 Å². The van der Waals surface area contributed by atoms with Crippen LogP contribution < -0.4 is 0 Å². The highest BCUT2D eigenvalue weighted by atomic mass is 16.5. The maximum Gasteiger partial charge on any atom is 0.311 e. The highest BCUT2D eigenvalue weighted by Crippen LogP contribution is 2.65. The van der Waals surface area contributed by atoms with Gasteiger partial charge in [-0.1, -0.05) is 25.5 Å². The topological polar surface area (TPSA) is 43.4 Å². The summed E-state index contributed by atoms with van der Waals surface area (Å²) < 4.78 is 5.20. The van der Waals surface area contributed by atoms with E-state index in [1.165, 1.54) is 25.5 Å². The van der Waals surface area contributed by atoms with Crippen LogP contribution in [0, 0.1) is 34.5 Å². The van der Waals surface area contributed by atoms with E-state index in [9.17, 15) is 9.59 Å². The average molecular weight is 332 g/mol. The Hall–Kier alpha value is -1.12. The number of hydrogen-bond donors (Lipinski definition) is 0. The molecule has 24 heavy (non-hydrogen) atoms. The second-order valence-electron chi connectivity index (χ2n) is 8.87. The number of hydrogen-bond acceptors (Lipinski definition) is 3. The summed E-state index contributed by atoms with van der Waals surface area (Å²) in [4.78, 5) is 23.8. The molecule has 3 aliphatic carbocycles. The molecule has 3 aliphatic rings. The fraction of sp³-hybridized carbons (Fsp3) is 0.810. The summed E-state index contributed by atoms with van der Waals surface area (Å²) >= 11 is 0. The largest absolute Gasteiger partial charge is 0.469 e. The molecule has 0 saturated heterocycles. The van der Waals surface area contributed by atoms with Crippen LogP contribution in [0.15, 0.2) is 12.2 Å². The summed E-state index contributed by atoms with van der Waals surface area (Å²) in [5, 5.41) is 0. The van der Waals surface area contributed by atoms with Crippen molar-refractivity contribution in [2.75, 3.05) is 7.11 Å². The normalized spacial score (nSPS) is 45.0. The first-order valence-electron chi connectivity index (χ1n) is 9.58. The number of fused-ring (bicyclic) bond motifs is 3. The van der Waals surface area contributed by atoms with Crippen LogP contribution in [-0.4, -0.2) is 19.4 Å². The Morgan fingerprint density at radius 2 is 2.04 bits per heavy atom. The molecule has 3 saturated carbocycles. The quantitative estimate of drug-likeness (QED) is 0.432. The molecule has 0 aliphatic heterocycles. The van der Waals surface area contributed by atoms with E-state index in [2.05, 4.69) is 20.4 Å². The van der Waals surface area contributed by atoms with Crippen molar-refractivity contribution in [3.05, 3.63) is 12.2 Å². The standard InChI is InChI=1S/C21H32O3/c1-14-6-8-17-16(15(14)10-13-22)7-9-18-20(17,2)11-5-12-21(18,3)19(23)24-4/h13,15-18H,1,5-12H2,2-4H3/t15?,16-,17?,18?,20+,21-/m0/s1. The van der Waals surface area contributed by atoms with E-state index in [1.807, 2.05) is 0 Å². The van der Waals surface area contributed by atoms with Crippen molar-refractivity contribution in [3.63, 3.8) is 0 Å². The van der Waals surface area contributed by atoms with Crippen molar-refractivity contribution < 1.29 is 14.3 Å². The third-order valence-corrected chi connectivity index (χ3v) is 7.95. The minimum Gasteiger partial charge on any atom is -0.469 e. The zero-order valence-electron chi connectivity index (χ0n) is 15.5. The van der Waals surface area contributed by atoms with Gasteiger partial charge in [0.25, 0.3) is 0 Å². The molecule has 0 N–H and O–H groups in total. The van der Waals surface area contributed by atoms with Crippen molar-refractivity contribution in [3.8, 4) is 0 Å². The molecule has 0 radical (unpaired) electrons. The Morgan fingerprint density at radius 3 is 2.71 bits per heavy atom. The molecule has 6 atom stereocenters. The smallest absolute Gasteiger partial charge is 0.311 e. The molecule has 3 unspecified atom stereocenters. The average Bonchev–Trinajstić information content (AvgIpc) is 2.56. The number of methoxy groups -OCH3 is 1. The number of carbonyl (C=O) groups is 2. The maximum absolute atomic E-state index is 12.6. The van der Waals surface area contributed by atoms with Crippen molar-refractivity contribution in [2.24, 2.45) is 34.5 Å². The van der Waals surface area contributed by atoms with Gasteiger partial charge >= 0.3 is 5.97 Å². The lowest BCUT2D eigenvalue weighted by Crippen LogP contribution is -2.57. The van der Waals surface area contributed by atoms with E-state index in [1.54, 1.807) is 0 Å². The molecule has 0 aromatic carbocycles. The van der Waals surface area contributed by atoms with Gasteiger partial charge in [0.15, 0.2) is 0 Å². The lowest BCUT2D eigenvalue weighted by Gasteiger charge is -2.61. The Bertz CT molecular complexity index is 539. The van der Waals surface area contributed by atoms with Gasteiger partial charge in [0.05, 0.1) is 12.5 Å². The van der Waals surface area contributed by atoms with Crippen molar-refractivity contribution in [2.45, 2.75) is 65.2 Å². The fourth-order valence-electron chi connectivity index (χ4n) is 6.83. The number of rotatable bonds is 3. The zero-order chi connectivity index (χ0) is 17.5. The van der Waals surface area contributed by atoms with Crippen molar-refractivity contribution in [1.82, 2.24) is 0 Å². The number of carbonyl (C=O) groups excluding carboxylic acids is 2. The zero-order valence-corrected chi connectivity index (χ0v) is 15.5. The molecular weight excluding hydrogens is 300 g/mol. The van der Waals surface area contributed by atoms with Gasteiger partial charge in [-0.25, -0.2) is 0 Å². The predicted octanol–water partition coefficient (Wildman–Crippen LogP) is 4.55. The van der Waals surface area contributed by atoms with E-state index in [0.717, 1.165) is 38.4 Å². The van der Waals surface area contributed by atoms with Gasteiger partial charge in [-0.2, -0.15) is 0 Å². The number of esters is 1. The van der Waals surface area contributed by atoms with Crippen LogP contribution in [0.4, 0.5) is 0 Å². The predicted molar refractivity (Wildman–Crippen MR) is 94.3 cm³/mol. The Labute approximate surface area is 146 Å². The van der Waals surface area contributed by atoms with Gasteiger partial charge in [-0.05, 0) is 74.5 Å². The Balaban J connectivity index is 1.94. The fourth-order valence-corrected chi connectivity index (χ4v) is 6.83. The highest BCUT2D eigenvalue weighted by Gasteiger charge is 2.60. The molecule has 0 aromatic heterocycles. The lowest BCUT2D eigenvalue weighted by atomic mass is 9.43.